The highest BCUT2D eigenvalue weighted by atomic mass is 16.5. The lowest BCUT2D eigenvalue weighted by molar-refractivity contribution is 0.0938. The zero-order chi connectivity index (χ0) is 19.7. The van der Waals surface area contributed by atoms with Gasteiger partial charge in [-0.05, 0) is 43.3 Å². The van der Waals surface area contributed by atoms with Crippen molar-refractivity contribution in [2.45, 2.75) is 13.0 Å². The number of carbonyl (C=O) groups is 1. The monoisotopic (exact) mass is 379 g/mol. The number of fused-ring (bicyclic) bond motifs is 1. The average molecular weight is 379 g/mol. The van der Waals surface area contributed by atoms with Gasteiger partial charge < -0.3 is 14.5 Å². The van der Waals surface area contributed by atoms with Gasteiger partial charge in [0.1, 0.15) is 11.3 Å². The van der Waals surface area contributed by atoms with Crippen LogP contribution in [0.15, 0.2) is 51.7 Å². The van der Waals surface area contributed by atoms with Crippen LogP contribution in [0.3, 0.4) is 0 Å². The molecule has 9 heteroatoms. The number of ether oxygens (including phenoxy) is 1. The molecule has 0 aliphatic rings. The quantitative estimate of drug-likeness (QED) is 0.489. The van der Waals surface area contributed by atoms with Crippen LogP contribution < -0.4 is 15.7 Å². The van der Waals surface area contributed by atoms with Crippen LogP contribution in [0.4, 0.5) is 0 Å². The van der Waals surface area contributed by atoms with E-state index in [9.17, 15) is 9.59 Å². The summed E-state index contributed by atoms with van der Waals surface area (Å²) in [6, 6.07) is 11.9. The maximum Gasteiger partial charge on any atom is 0.340 e. The molecule has 2 aromatic carbocycles. The molecule has 0 aliphatic heterocycles. The van der Waals surface area contributed by atoms with E-state index in [4.69, 9.17) is 9.15 Å². The Labute approximate surface area is 158 Å². The van der Waals surface area contributed by atoms with E-state index in [1.165, 1.54) is 0 Å². The van der Waals surface area contributed by atoms with E-state index in [0.717, 1.165) is 5.56 Å². The number of oxazole rings is 1. The Morgan fingerprint density at radius 3 is 2.86 bits per heavy atom. The summed E-state index contributed by atoms with van der Waals surface area (Å²) in [6.07, 6.45) is 0. The third-order valence-electron chi connectivity index (χ3n) is 4.24. The molecule has 3 N–H and O–H groups in total. The number of benzene rings is 2. The lowest BCUT2D eigenvalue weighted by Crippen LogP contribution is -2.27. The molecule has 4 aromatic rings. The Kier molecular flexibility index (Phi) is 4.40. The molecule has 142 valence electrons. The van der Waals surface area contributed by atoms with Gasteiger partial charge >= 0.3 is 5.69 Å². The van der Waals surface area contributed by atoms with Gasteiger partial charge in [-0.15, -0.1) is 0 Å². The summed E-state index contributed by atoms with van der Waals surface area (Å²) in [6.45, 7) is 1.72. The second kappa shape index (κ2) is 7.03. The van der Waals surface area contributed by atoms with Crippen LogP contribution >= 0.6 is 0 Å². The molecule has 2 heterocycles. The number of hydrogen-bond acceptors (Lipinski definition) is 6. The van der Waals surface area contributed by atoms with Crippen LogP contribution in [0.25, 0.3) is 22.6 Å². The van der Waals surface area contributed by atoms with Crippen LogP contribution in [-0.4, -0.2) is 33.2 Å². The summed E-state index contributed by atoms with van der Waals surface area (Å²) in [5.74, 6) is 1.16. The predicted molar refractivity (Wildman–Crippen MR) is 101 cm³/mol. The number of amides is 1. The van der Waals surface area contributed by atoms with Crippen LogP contribution in [-0.2, 0) is 0 Å². The number of H-pyrrole nitrogens is 2. The zero-order valence-corrected chi connectivity index (χ0v) is 15.1. The third-order valence-corrected chi connectivity index (χ3v) is 4.24. The van der Waals surface area contributed by atoms with Gasteiger partial charge in [-0.2, -0.15) is 5.10 Å². The molecule has 0 aliphatic carbocycles. The molecule has 4 rings (SSSR count). The molecule has 1 unspecified atom stereocenters. The predicted octanol–water partition coefficient (Wildman–Crippen LogP) is 2.41. The Morgan fingerprint density at radius 1 is 1.25 bits per heavy atom. The number of aromatic amines is 2. The minimum Gasteiger partial charge on any atom is -0.497 e. The molecule has 0 spiro atoms. The first kappa shape index (κ1) is 17.5. The van der Waals surface area contributed by atoms with Gasteiger partial charge in [0, 0.05) is 11.1 Å². The highest BCUT2D eigenvalue weighted by Gasteiger charge is 2.16. The van der Waals surface area contributed by atoms with Gasteiger partial charge in [-0.1, -0.05) is 6.07 Å². The average Bonchev–Trinajstić information content (AvgIpc) is 3.33. The van der Waals surface area contributed by atoms with E-state index in [0.29, 0.717) is 34.1 Å². The molecule has 0 saturated heterocycles. The lowest BCUT2D eigenvalue weighted by Gasteiger charge is -2.10. The van der Waals surface area contributed by atoms with Gasteiger partial charge in [-0.3, -0.25) is 9.78 Å². The Balaban J connectivity index is 1.59. The summed E-state index contributed by atoms with van der Waals surface area (Å²) in [4.78, 5) is 30.6. The van der Waals surface area contributed by atoms with Gasteiger partial charge in [0.05, 0.1) is 13.2 Å². The molecular formula is C19H17N5O4. The second-order valence-electron chi connectivity index (χ2n) is 6.19. The van der Waals surface area contributed by atoms with E-state index in [1.54, 1.807) is 32.2 Å². The Hall–Kier alpha value is -3.88. The van der Waals surface area contributed by atoms with Crippen molar-refractivity contribution in [3.8, 4) is 17.2 Å². The van der Waals surface area contributed by atoms with Crippen molar-refractivity contribution in [1.82, 2.24) is 25.5 Å². The number of aromatic nitrogens is 4. The Bertz CT molecular complexity index is 1210. The summed E-state index contributed by atoms with van der Waals surface area (Å²) in [5, 5.41) is 8.86. The van der Waals surface area contributed by atoms with E-state index in [1.807, 2.05) is 24.3 Å². The zero-order valence-electron chi connectivity index (χ0n) is 15.1. The molecule has 28 heavy (non-hydrogen) atoms. The van der Waals surface area contributed by atoms with Crippen molar-refractivity contribution >= 4 is 17.0 Å². The minimum atomic E-state index is -0.468. The third kappa shape index (κ3) is 3.37. The van der Waals surface area contributed by atoms with Crippen molar-refractivity contribution in [2.75, 3.05) is 7.11 Å². The van der Waals surface area contributed by atoms with Crippen LogP contribution in [0.2, 0.25) is 0 Å². The molecule has 0 fully saturated rings. The summed E-state index contributed by atoms with van der Waals surface area (Å²) in [7, 11) is 1.59. The highest BCUT2D eigenvalue weighted by Crippen LogP contribution is 2.27. The van der Waals surface area contributed by atoms with Crippen LogP contribution in [0, 0.1) is 0 Å². The molecule has 1 atom stereocenters. The van der Waals surface area contributed by atoms with Crippen LogP contribution in [0.1, 0.15) is 29.1 Å². The highest BCUT2D eigenvalue weighted by molar-refractivity contribution is 5.97. The first-order valence-corrected chi connectivity index (χ1v) is 8.54. The van der Waals surface area contributed by atoms with Crippen molar-refractivity contribution in [1.29, 1.82) is 0 Å². The van der Waals surface area contributed by atoms with Crippen molar-refractivity contribution in [2.24, 2.45) is 0 Å². The number of nitrogens with one attached hydrogen (secondary N) is 3. The number of hydrogen-bond donors (Lipinski definition) is 3. The molecule has 1 amide bonds. The van der Waals surface area contributed by atoms with Gasteiger partial charge in [-0.25, -0.2) is 14.9 Å². The summed E-state index contributed by atoms with van der Waals surface area (Å²) < 4.78 is 11.0. The fraction of sp³-hybridized carbons (Fsp3) is 0.158. The van der Waals surface area contributed by atoms with Crippen molar-refractivity contribution in [3.63, 3.8) is 0 Å². The first-order chi connectivity index (χ1) is 13.5. The van der Waals surface area contributed by atoms with Gasteiger partial charge in [0.25, 0.3) is 5.91 Å². The minimum absolute atomic E-state index is 0.322. The standard InChI is InChI=1S/C19H17N5O4/c1-10(16-22-19(26)24-23-16)20-17(25)11-6-7-14-15(9-11)28-18(21-14)12-4-3-5-13(8-12)27-2/h3-10H,1-2H3,(H,20,25)(H2,22,23,24,26). The van der Waals surface area contributed by atoms with Gasteiger partial charge in [0.15, 0.2) is 11.4 Å². The van der Waals surface area contributed by atoms with Crippen molar-refractivity contribution in [3.05, 3.63) is 64.3 Å². The molecule has 9 nitrogen and oxygen atoms in total. The normalized spacial score (nSPS) is 12.1. The van der Waals surface area contributed by atoms with E-state index in [2.05, 4.69) is 25.5 Å². The SMILES string of the molecule is COc1cccc(-c2nc3ccc(C(=O)NC(C)c4n[nH]c(=O)[nH]4)cc3o2)c1. The second-order valence-corrected chi connectivity index (χ2v) is 6.19. The summed E-state index contributed by atoms with van der Waals surface area (Å²) in [5.41, 5.74) is 1.89. The number of methoxy groups -OCH3 is 1. The van der Waals surface area contributed by atoms with Gasteiger partial charge in [0.2, 0.25) is 5.89 Å². The number of rotatable bonds is 5. The van der Waals surface area contributed by atoms with Crippen molar-refractivity contribution < 1.29 is 13.9 Å². The molecule has 0 bridgehead atoms. The first-order valence-electron chi connectivity index (χ1n) is 8.54. The molecular weight excluding hydrogens is 362 g/mol. The molecule has 2 aromatic heterocycles. The number of nitrogens with zero attached hydrogens (tertiary/aromatic N) is 2. The number of carbonyl (C=O) groups excluding carboxylic acids is 1. The lowest BCUT2D eigenvalue weighted by atomic mass is 10.2. The smallest absolute Gasteiger partial charge is 0.340 e. The van der Waals surface area contributed by atoms with E-state index in [-0.39, 0.29) is 5.91 Å². The topological polar surface area (TPSA) is 126 Å². The fourth-order valence-electron chi connectivity index (χ4n) is 2.78. The summed E-state index contributed by atoms with van der Waals surface area (Å²) >= 11 is 0. The van der Waals surface area contributed by atoms with Crippen LogP contribution in [0.5, 0.6) is 5.75 Å². The molecule has 0 saturated carbocycles. The molecule has 0 radical (unpaired) electrons. The maximum atomic E-state index is 12.5. The fourth-order valence-corrected chi connectivity index (χ4v) is 2.78. The van der Waals surface area contributed by atoms with E-state index < -0.39 is 11.7 Å². The maximum absolute atomic E-state index is 12.5. The Morgan fingerprint density at radius 2 is 2.11 bits per heavy atom. The van der Waals surface area contributed by atoms with E-state index >= 15 is 0 Å². The largest absolute Gasteiger partial charge is 0.497 e.